The first-order chi connectivity index (χ1) is 17.9. The average molecular weight is 696 g/mol. The Bertz CT molecular complexity index is 1770. The molecule has 0 saturated carbocycles. The summed E-state index contributed by atoms with van der Waals surface area (Å²) in [5.74, 6) is 0.215. The van der Waals surface area contributed by atoms with Crippen molar-refractivity contribution in [3.05, 3.63) is 109 Å². The third kappa shape index (κ3) is 4.89. The molecule has 0 spiro atoms. The topological polar surface area (TPSA) is 50.9 Å². The quantitative estimate of drug-likeness (QED) is 0.189. The van der Waals surface area contributed by atoms with Gasteiger partial charge >= 0.3 is 0 Å². The van der Waals surface area contributed by atoms with Gasteiger partial charge in [-0.1, -0.05) is 79.9 Å². The van der Waals surface area contributed by atoms with Gasteiger partial charge in [-0.2, -0.15) is 0 Å². The summed E-state index contributed by atoms with van der Waals surface area (Å²) < 4.78 is 2.03. The summed E-state index contributed by atoms with van der Waals surface area (Å²) in [6, 6.07) is 33.6. The van der Waals surface area contributed by atoms with E-state index in [1.807, 2.05) is 59.3 Å². The van der Waals surface area contributed by atoms with Crippen molar-refractivity contribution in [3.63, 3.8) is 0 Å². The standard InChI is InChI=1S/C32H26N3OS.Pt/c1-32(2,3)22-17-18-33-30(20-22)37-23-10-8-9-21(19-23)26-16-15-25-24-11-4-5-12-27(24)35(31(25)34-26)28-13-6-7-14-29(28)36;/h4-18,20,36H,1-3H3;/q-1;. The van der Waals surface area contributed by atoms with Crippen molar-refractivity contribution in [1.29, 1.82) is 0 Å². The maximum atomic E-state index is 10.7. The smallest absolute Gasteiger partial charge is 0.139 e. The number of hydrogen-bond acceptors (Lipinski definition) is 4. The summed E-state index contributed by atoms with van der Waals surface area (Å²) in [5.41, 5.74) is 5.56. The number of hydrogen-bond donors (Lipinski definition) is 1. The molecule has 1 N–H and O–H groups in total. The zero-order chi connectivity index (χ0) is 25.6. The molecule has 0 aliphatic rings. The van der Waals surface area contributed by atoms with Crippen molar-refractivity contribution < 1.29 is 26.2 Å². The molecule has 0 bridgehead atoms. The van der Waals surface area contributed by atoms with E-state index in [0.29, 0.717) is 5.69 Å². The summed E-state index contributed by atoms with van der Waals surface area (Å²) in [6.07, 6.45) is 1.88. The molecule has 6 rings (SSSR count). The fourth-order valence-corrected chi connectivity index (χ4v) is 5.42. The Balaban J connectivity index is 0.00000294. The molecule has 3 aromatic carbocycles. The van der Waals surface area contributed by atoms with E-state index in [-0.39, 0.29) is 32.2 Å². The fourth-order valence-electron chi connectivity index (χ4n) is 4.59. The van der Waals surface area contributed by atoms with Crippen LogP contribution in [0.4, 0.5) is 0 Å². The van der Waals surface area contributed by atoms with Crippen LogP contribution < -0.4 is 0 Å². The number of para-hydroxylation sites is 3. The third-order valence-electron chi connectivity index (χ3n) is 6.50. The molecule has 6 aromatic rings. The first kappa shape index (κ1) is 26.2. The van der Waals surface area contributed by atoms with Gasteiger partial charge in [0.2, 0.25) is 0 Å². The first-order valence-electron chi connectivity index (χ1n) is 12.2. The van der Waals surface area contributed by atoms with Crippen LogP contribution in [0.1, 0.15) is 26.3 Å². The monoisotopic (exact) mass is 695 g/mol. The number of rotatable bonds is 4. The molecule has 0 amide bonds. The summed E-state index contributed by atoms with van der Waals surface area (Å²) in [5, 5.41) is 13.8. The summed E-state index contributed by atoms with van der Waals surface area (Å²) >= 11 is 1.60. The van der Waals surface area contributed by atoms with Crippen molar-refractivity contribution in [3.8, 4) is 22.7 Å². The molecule has 3 heterocycles. The van der Waals surface area contributed by atoms with E-state index in [1.165, 1.54) is 5.56 Å². The van der Waals surface area contributed by atoms with Gasteiger partial charge in [-0.15, -0.1) is 29.8 Å². The second kappa shape index (κ2) is 10.4. The molecule has 0 saturated heterocycles. The SMILES string of the molecule is CC(C)(C)c1ccnc(Sc2[c-]c(-c3ccc4c5ccccc5n(-c5ccccc5O)c4n3)ccc2)c1.[Pt]. The van der Waals surface area contributed by atoms with Gasteiger partial charge in [0.15, 0.2) is 0 Å². The van der Waals surface area contributed by atoms with Gasteiger partial charge in [0.05, 0.1) is 16.2 Å². The number of phenolic OH excluding ortho intramolecular Hbond substituents is 1. The van der Waals surface area contributed by atoms with E-state index in [1.54, 1.807) is 17.8 Å². The summed E-state index contributed by atoms with van der Waals surface area (Å²) in [7, 11) is 0. The van der Waals surface area contributed by atoms with Crippen LogP contribution in [0.3, 0.4) is 0 Å². The van der Waals surface area contributed by atoms with Gasteiger partial charge < -0.3 is 5.11 Å². The minimum atomic E-state index is 0. The molecule has 0 atom stereocenters. The molecule has 4 nitrogen and oxygen atoms in total. The number of benzene rings is 3. The van der Waals surface area contributed by atoms with E-state index in [2.05, 4.69) is 68.2 Å². The van der Waals surface area contributed by atoms with Crippen molar-refractivity contribution in [2.45, 2.75) is 36.1 Å². The molecular formula is C32H26N3OPtS-. The van der Waals surface area contributed by atoms with Crippen LogP contribution in [0, 0.1) is 6.07 Å². The number of fused-ring (bicyclic) bond motifs is 3. The molecule has 0 aliphatic carbocycles. The average Bonchev–Trinajstić information content (AvgIpc) is 3.22. The van der Waals surface area contributed by atoms with E-state index >= 15 is 0 Å². The molecular weight excluding hydrogens is 670 g/mol. The van der Waals surface area contributed by atoms with Crippen molar-refractivity contribution in [2.24, 2.45) is 0 Å². The maximum Gasteiger partial charge on any atom is 0.139 e. The molecule has 0 unspecified atom stereocenters. The Kier molecular flexibility index (Phi) is 7.17. The van der Waals surface area contributed by atoms with Crippen LogP contribution in [0.15, 0.2) is 107 Å². The van der Waals surface area contributed by atoms with Crippen LogP contribution in [0.25, 0.3) is 38.9 Å². The van der Waals surface area contributed by atoms with E-state index in [4.69, 9.17) is 4.98 Å². The van der Waals surface area contributed by atoms with Crippen LogP contribution in [0.5, 0.6) is 5.75 Å². The minimum absolute atomic E-state index is 0. The predicted molar refractivity (Wildman–Crippen MR) is 152 cm³/mol. The zero-order valence-corrected chi connectivity index (χ0v) is 24.3. The van der Waals surface area contributed by atoms with Crippen LogP contribution in [0.2, 0.25) is 0 Å². The Labute approximate surface area is 241 Å². The summed E-state index contributed by atoms with van der Waals surface area (Å²) in [6.45, 7) is 6.62. The van der Waals surface area contributed by atoms with Gasteiger partial charge in [-0.05, 0) is 47.0 Å². The van der Waals surface area contributed by atoms with E-state index in [0.717, 1.165) is 43.1 Å². The van der Waals surface area contributed by atoms with Crippen molar-refractivity contribution >= 4 is 33.7 Å². The fraction of sp³-hybridized carbons (Fsp3) is 0.125. The number of aromatic nitrogens is 3. The third-order valence-corrected chi connectivity index (χ3v) is 7.39. The van der Waals surface area contributed by atoms with Crippen LogP contribution in [-0.2, 0) is 26.5 Å². The molecule has 6 heteroatoms. The normalized spacial score (nSPS) is 11.6. The Hall–Kier alpha value is -3.40. The van der Waals surface area contributed by atoms with E-state index < -0.39 is 0 Å². The number of phenols is 1. The Morgan fingerprint density at radius 2 is 1.63 bits per heavy atom. The van der Waals surface area contributed by atoms with Gasteiger partial charge in [-0.3, -0.25) is 9.55 Å². The first-order valence-corrected chi connectivity index (χ1v) is 13.1. The largest absolute Gasteiger partial charge is 0.506 e. The second-order valence-corrected chi connectivity index (χ2v) is 11.1. The van der Waals surface area contributed by atoms with Crippen molar-refractivity contribution in [2.75, 3.05) is 0 Å². The zero-order valence-electron chi connectivity index (χ0n) is 21.3. The Morgan fingerprint density at radius 1 is 0.842 bits per heavy atom. The molecule has 3 aromatic heterocycles. The van der Waals surface area contributed by atoms with Crippen LogP contribution >= 0.6 is 11.8 Å². The number of pyridine rings is 2. The summed E-state index contributed by atoms with van der Waals surface area (Å²) in [4.78, 5) is 10.6. The van der Waals surface area contributed by atoms with Crippen LogP contribution in [-0.4, -0.2) is 19.6 Å². The van der Waals surface area contributed by atoms with Gasteiger partial charge in [0, 0.05) is 38.0 Å². The molecule has 192 valence electrons. The van der Waals surface area contributed by atoms with Gasteiger partial charge in [0.25, 0.3) is 0 Å². The van der Waals surface area contributed by atoms with Gasteiger partial charge in [0.1, 0.15) is 11.4 Å². The van der Waals surface area contributed by atoms with Gasteiger partial charge in [-0.25, -0.2) is 4.98 Å². The minimum Gasteiger partial charge on any atom is -0.506 e. The second-order valence-electron chi connectivity index (χ2n) is 10.1. The maximum absolute atomic E-state index is 10.7. The van der Waals surface area contributed by atoms with Crippen molar-refractivity contribution in [1.82, 2.24) is 14.5 Å². The molecule has 0 fully saturated rings. The number of nitrogens with zero attached hydrogens (tertiary/aromatic N) is 3. The van der Waals surface area contributed by atoms with E-state index in [9.17, 15) is 5.11 Å². The molecule has 0 radical (unpaired) electrons. The Morgan fingerprint density at radius 3 is 2.45 bits per heavy atom. The molecule has 0 aliphatic heterocycles. The number of aromatic hydroxyl groups is 1. The molecule has 38 heavy (non-hydrogen) atoms. The predicted octanol–water partition coefficient (Wildman–Crippen LogP) is 8.19.